The summed E-state index contributed by atoms with van der Waals surface area (Å²) in [5.41, 5.74) is 1.23. The van der Waals surface area contributed by atoms with Crippen molar-refractivity contribution in [3.63, 3.8) is 0 Å². The third-order valence-corrected chi connectivity index (χ3v) is 3.07. The van der Waals surface area contributed by atoms with Gasteiger partial charge in [0.1, 0.15) is 11.3 Å². The maximum atomic E-state index is 12.1. The summed E-state index contributed by atoms with van der Waals surface area (Å²) >= 11 is 0. The molecule has 1 N–H and O–H groups in total. The van der Waals surface area contributed by atoms with Crippen molar-refractivity contribution >= 4 is 11.9 Å². The molecule has 1 aromatic heterocycles. The second kappa shape index (κ2) is 6.64. The van der Waals surface area contributed by atoms with Gasteiger partial charge in [0.05, 0.1) is 5.56 Å². The molecule has 0 fully saturated rings. The summed E-state index contributed by atoms with van der Waals surface area (Å²) in [5, 5.41) is 6.76. The second-order valence-corrected chi connectivity index (χ2v) is 6.23. The molecule has 0 aliphatic rings. The van der Waals surface area contributed by atoms with Crippen LogP contribution < -0.4 is 5.32 Å². The van der Waals surface area contributed by atoms with E-state index in [0.717, 1.165) is 5.56 Å². The van der Waals surface area contributed by atoms with E-state index in [1.54, 1.807) is 37.5 Å². The topological polar surface area (TPSA) is 73.2 Å². The van der Waals surface area contributed by atoms with Crippen LogP contribution in [0, 0.1) is 0 Å². The molecule has 0 aliphatic heterocycles. The van der Waals surface area contributed by atoms with Gasteiger partial charge < -0.3 is 10.1 Å². The third-order valence-electron chi connectivity index (χ3n) is 3.07. The highest BCUT2D eigenvalue weighted by atomic mass is 16.6. The zero-order chi connectivity index (χ0) is 17.0. The third kappa shape index (κ3) is 4.67. The van der Waals surface area contributed by atoms with Gasteiger partial charge in [0.15, 0.2) is 0 Å². The number of amides is 1. The zero-order valence-electron chi connectivity index (χ0n) is 13.8. The van der Waals surface area contributed by atoms with Gasteiger partial charge >= 0.3 is 5.97 Å². The maximum absolute atomic E-state index is 12.1. The molecular weight excluding hydrogens is 294 g/mol. The van der Waals surface area contributed by atoms with Gasteiger partial charge in [-0.15, -0.1) is 0 Å². The highest BCUT2D eigenvalue weighted by molar-refractivity contribution is 5.92. The molecule has 0 saturated heterocycles. The average Bonchev–Trinajstić information content (AvgIpc) is 2.89. The van der Waals surface area contributed by atoms with Crippen LogP contribution in [0.4, 0.5) is 0 Å². The predicted molar refractivity (Wildman–Crippen MR) is 86.0 cm³/mol. The number of rotatable bonds is 4. The molecule has 6 heteroatoms. The Labute approximate surface area is 135 Å². The van der Waals surface area contributed by atoms with Crippen LogP contribution >= 0.6 is 0 Å². The lowest BCUT2D eigenvalue weighted by Crippen LogP contribution is -2.26. The van der Waals surface area contributed by atoms with E-state index >= 15 is 0 Å². The largest absolute Gasteiger partial charge is 0.456 e. The van der Waals surface area contributed by atoms with Crippen molar-refractivity contribution < 1.29 is 14.3 Å². The van der Waals surface area contributed by atoms with Crippen LogP contribution in [0.15, 0.2) is 36.5 Å². The Kier molecular flexibility index (Phi) is 4.83. The Morgan fingerprint density at radius 1 is 1.26 bits per heavy atom. The number of carbonyl (C=O) groups excluding carboxylic acids is 2. The number of ether oxygens (including phenoxy) is 1. The van der Waals surface area contributed by atoms with Crippen molar-refractivity contribution in [2.24, 2.45) is 7.05 Å². The molecule has 122 valence electrons. The molecule has 1 heterocycles. The average molecular weight is 315 g/mol. The van der Waals surface area contributed by atoms with Crippen molar-refractivity contribution in [2.75, 3.05) is 0 Å². The van der Waals surface area contributed by atoms with Gasteiger partial charge in [0, 0.05) is 19.8 Å². The lowest BCUT2D eigenvalue weighted by atomic mass is 10.1. The number of aromatic nitrogens is 2. The summed E-state index contributed by atoms with van der Waals surface area (Å²) in [6, 6.07) is 8.67. The van der Waals surface area contributed by atoms with E-state index in [-0.39, 0.29) is 11.9 Å². The summed E-state index contributed by atoms with van der Waals surface area (Å²) in [5.74, 6) is -0.593. The molecule has 0 spiro atoms. The van der Waals surface area contributed by atoms with Crippen LogP contribution in [-0.2, 0) is 18.3 Å². The monoisotopic (exact) mass is 315 g/mol. The van der Waals surface area contributed by atoms with Crippen molar-refractivity contribution in [3.8, 4) is 0 Å². The highest BCUT2D eigenvalue weighted by Crippen LogP contribution is 2.13. The number of aryl methyl sites for hydroxylation is 1. The molecule has 0 aliphatic carbocycles. The van der Waals surface area contributed by atoms with Crippen LogP contribution in [0.25, 0.3) is 0 Å². The first kappa shape index (κ1) is 16.7. The van der Waals surface area contributed by atoms with Crippen LogP contribution in [0.1, 0.15) is 47.2 Å². The van der Waals surface area contributed by atoms with Crippen LogP contribution in [0.5, 0.6) is 0 Å². The molecule has 0 bridgehead atoms. The number of hydrogen-bond acceptors (Lipinski definition) is 4. The van der Waals surface area contributed by atoms with Crippen molar-refractivity contribution in [3.05, 3.63) is 53.3 Å². The molecule has 23 heavy (non-hydrogen) atoms. The predicted octanol–water partition coefficient (Wildman–Crippen LogP) is 2.31. The number of nitrogens with zero attached hydrogens (tertiary/aromatic N) is 2. The van der Waals surface area contributed by atoms with Gasteiger partial charge in [-0.25, -0.2) is 4.79 Å². The molecule has 1 aromatic carbocycles. The molecule has 6 nitrogen and oxygen atoms in total. The van der Waals surface area contributed by atoms with E-state index in [1.807, 2.05) is 26.8 Å². The van der Waals surface area contributed by atoms with Gasteiger partial charge in [-0.1, -0.05) is 12.1 Å². The summed E-state index contributed by atoms with van der Waals surface area (Å²) < 4.78 is 6.85. The molecule has 0 atom stereocenters. The first-order chi connectivity index (χ1) is 10.8. The maximum Gasteiger partial charge on any atom is 0.338 e. The Morgan fingerprint density at radius 2 is 2.00 bits per heavy atom. The lowest BCUT2D eigenvalue weighted by molar-refractivity contribution is 0.00693. The summed E-state index contributed by atoms with van der Waals surface area (Å²) in [6.07, 6.45) is 1.57. The molecule has 1 amide bonds. The zero-order valence-corrected chi connectivity index (χ0v) is 13.8. The Balaban J connectivity index is 2.02. The summed E-state index contributed by atoms with van der Waals surface area (Å²) in [4.78, 5) is 24.1. The van der Waals surface area contributed by atoms with Gasteiger partial charge in [-0.3, -0.25) is 9.48 Å². The quantitative estimate of drug-likeness (QED) is 0.879. The fourth-order valence-corrected chi connectivity index (χ4v) is 2.01. The fourth-order valence-electron chi connectivity index (χ4n) is 2.01. The number of hydrogen-bond donors (Lipinski definition) is 1. The highest BCUT2D eigenvalue weighted by Gasteiger charge is 2.18. The van der Waals surface area contributed by atoms with Gasteiger partial charge in [-0.05, 0) is 44.5 Å². The number of nitrogens with one attached hydrogen (secondary N) is 1. The normalized spacial score (nSPS) is 11.1. The first-order valence-electron chi connectivity index (χ1n) is 7.35. The molecule has 0 saturated carbocycles. The fraction of sp³-hybridized carbons (Fsp3) is 0.353. The van der Waals surface area contributed by atoms with E-state index < -0.39 is 5.60 Å². The Morgan fingerprint density at radius 3 is 2.61 bits per heavy atom. The van der Waals surface area contributed by atoms with Crippen molar-refractivity contribution in [1.29, 1.82) is 0 Å². The molecule has 0 radical (unpaired) electrons. The molecular formula is C17H21N3O3. The SMILES string of the molecule is Cn1nccc1C(=O)NCc1cccc(C(=O)OC(C)(C)C)c1. The summed E-state index contributed by atoms with van der Waals surface area (Å²) in [7, 11) is 1.71. The minimum Gasteiger partial charge on any atom is -0.456 e. The Hall–Kier alpha value is -2.63. The van der Waals surface area contributed by atoms with Crippen molar-refractivity contribution in [2.45, 2.75) is 32.9 Å². The first-order valence-corrected chi connectivity index (χ1v) is 7.35. The number of esters is 1. The number of benzene rings is 1. The minimum absolute atomic E-state index is 0.215. The minimum atomic E-state index is -0.541. The van der Waals surface area contributed by atoms with E-state index in [0.29, 0.717) is 17.8 Å². The van der Waals surface area contributed by atoms with E-state index in [9.17, 15) is 9.59 Å². The van der Waals surface area contributed by atoms with Crippen LogP contribution in [0.3, 0.4) is 0 Å². The van der Waals surface area contributed by atoms with Gasteiger partial charge in [0.25, 0.3) is 5.91 Å². The molecule has 2 aromatic rings. The van der Waals surface area contributed by atoms with Crippen LogP contribution in [0.2, 0.25) is 0 Å². The van der Waals surface area contributed by atoms with Gasteiger partial charge in [0.2, 0.25) is 0 Å². The molecule has 0 unspecified atom stereocenters. The molecule has 2 rings (SSSR count). The lowest BCUT2D eigenvalue weighted by Gasteiger charge is -2.19. The Bertz CT molecular complexity index is 714. The standard InChI is InChI=1S/C17H21N3O3/c1-17(2,3)23-16(22)13-7-5-6-12(10-13)11-18-15(21)14-8-9-19-20(14)4/h5-10H,11H2,1-4H3,(H,18,21). The van der Waals surface area contributed by atoms with E-state index in [2.05, 4.69) is 10.4 Å². The van der Waals surface area contributed by atoms with E-state index in [1.165, 1.54) is 4.68 Å². The number of carbonyl (C=O) groups is 2. The van der Waals surface area contributed by atoms with Crippen LogP contribution in [-0.4, -0.2) is 27.3 Å². The smallest absolute Gasteiger partial charge is 0.338 e. The summed E-state index contributed by atoms with van der Waals surface area (Å²) in [6.45, 7) is 5.79. The van der Waals surface area contributed by atoms with Crippen molar-refractivity contribution in [1.82, 2.24) is 15.1 Å². The van der Waals surface area contributed by atoms with E-state index in [4.69, 9.17) is 4.74 Å². The second-order valence-electron chi connectivity index (χ2n) is 6.23. The van der Waals surface area contributed by atoms with Gasteiger partial charge in [-0.2, -0.15) is 5.10 Å².